The van der Waals surface area contributed by atoms with Crippen molar-refractivity contribution in [3.63, 3.8) is 0 Å². The van der Waals surface area contributed by atoms with E-state index in [1.54, 1.807) is 0 Å². The van der Waals surface area contributed by atoms with Gasteiger partial charge in [0.05, 0.1) is 11.0 Å². The predicted octanol–water partition coefficient (Wildman–Crippen LogP) is 5.07. The van der Waals surface area contributed by atoms with Crippen LogP contribution in [0.25, 0.3) is 32.9 Å². The number of nitrogens with zero attached hydrogens (tertiary/aromatic N) is 2. The Morgan fingerprint density at radius 1 is 0.773 bits per heavy atom. The Kier molecular flexibility index (Phi) is 2.90. The molecule has 4 aromatic rings. The van der Waals surface area contributed by atoms with Crippen LogP contribution in [0.15, 0.2) is 60.9 Å². The highest BCUT2D eigenvalue weighted by Crippen LogP contribution is 2.28. The summed E-state index contributed by atoms with van der Waals surface area (Å²) in [4.78, 5) is 9.07. The van der Waals surface area contributed by atoms with Crippen LogP contribution >= 0.6 is 0 Å². The molecule has 2 heterocycles. The monoisotopic (exact) mass is 284 g/mol. The number of aryl methyl sites for hydroxylation is 2. The van der Waals surface area contributed by atoms with Crippen LogP contribution in [-0.2, 0) is 0 Å². The summed E-state index contributed by atoms with van der Waals surface area (Å²) < 4.78 is 0. The van der Waals surface area contributed by atoms with Gasteiger partial charge in [0.15, 0.2) is 0 Å². The van der Waals surface area contributed by atoms with Crippen LogP contribution in [-0.4, -0.2) is 9.97 Å². The van der Waals surface area contributed by atoms with Gasteiger partial charge in [-0.15, -0.1) is 0 Å². The van der Waals surface area contributed by atoms with Crippen LogP contribution in [0.4, 0.5) is 0 Å². The minimum atomic E-state index is 1.03. The maximum atomic E-state index is 4.59. The molecule has 0 aliphatic carbocycles. The van der Waals surface area contributed by atoms with Crippen molar-refractivity contribution in [1.82, 2.24) is 9.97 Å². The van der Waals surface area contributed by atoms with Crippen molar-refractivity contribution in [3.05, 3.63) is 72.1 Å². The third kappa shape index (κ3) is 2.13. The van der Waals surface area contributed by atoms with Crippen LogP contribution in [0.3, 0.4) is 0 Å². The second-order valence-corrected chi connectivity index (χ2v) is 5.78. The molecule has 2 aromatic heterocycles. The number of benzene rings is 2. The van der Waals surface area contributed by atoms with Crippen molar-refractivity contribution >= 4 is 21.8 Å². The van der Waals surface area contributed by atoms with Crippen LogP contribution in [0.1, 0.15) is 11.1 Å². The number of aromatic nitrogens is 2. The largest absolute Gasteiger partial charge is 0.256 e. The highest BCUT2D eigenvalue weighted by molar-refractivity contribution is 5.89. The van der Waals surface area contributed by atoms with E-state index in [-0.39, 0.29) is 0 Å². The molecule has 0 radical (unpaired) electrons. The summed E-state index contributed by atoms with van der Waals surface area (Å²) in [6, 6.07) is 17.0. The van der Waals surface area contributed by atoms with E-state index in [0.717, 1.165) is 16.6 Å². The Hall–Kier alpha value is -2.74. The summed E-state index contributed by atoms with van der Waals surface area (Å²) in [5, 5.41) is 2.38. The van der Waals surface area contributed by atoms with E-state index >= 15 is 0 Å². The normalized spacial score (nSPS) is 11.2. The molecule has 2 heteroatoms. The van der Waals surface area contributed by atoms with Gasteiger partial charge in [0.25, 0.3) is 0 Å². The second kappa shape index (κ2) is 4.92. The number of pyridine rings is 2. The standard InChI is InChI=1S/C20H16N2/c1-13-5-6-19-16(8-13)10-17(12-22-19)15-9-14(2)18-4-3-7-21-20(18)11-15/h3-12H,1-2H3. The highest BCUT2D eigenvalue weighted by atomic mass is 14.7. The zero-order valence-electron chi connectivity index (χ0n) is 12.7. The molecule has 4 rings (SSSR count). The summed E-state index contributed by atoms with van der Waals surface area (Å²) in [7, 11) is 0. The molecular weight excluding hydrogens is 268 g/mol. The Bertz CT molecular complexity index is 1000. The Morgan fingerprint density at radius 2 is 1.68 bits per heavy atom. The van der Waals surface area contributed by atoms with E-state index in [4.69, 9.17) is 0 Å². The third-order valence-corrected chi connectivity index (χ3v) is 4.10. The van der Waals surface area contributed by atoms with Crippen molar-refractivity contribution in [1.29, 1.82) is 0 Å². The van der Waals surface area contributed by atoms with Crippen molar-refractivity contribution in [2.75, 3.05) is 0 Å². The molecule has 0 saturated carbocycles. The average Bonchev–Trinajstić information content (AvgIpc) is 2.54. The van der Waals surface area contributed by atoms with Crippen LogP contribution < -0.4 is 0 Å². The molecule has 0 amide bonds. The number of hydrogen-bond donors (Lipinski definition) is 0. The quantitative estimate of drug-likeness (QED) is 0.488. The lowest BCUT2D eigenvalue weighted by Gasteiger charge is -2.08. The fourth-order valence-corrected chi connectivity index (χ4v) is 2.94. The maximum Gasteiger partial charge on any atom is 0.0710 e. The van der Waals surface area contributed by atoms with Crippen LogP contribution in [0, 0.1) is 13.8 Å². The summed E-state index contributed by atoms with van der Waals surface area (Å²) in [6.07, 6.45) is 3.79. The summed E-state index contributed by atoms with van der Waals surface area (Å²) in [6.45, 7) is 4.24. The van der Waals surface area contributed by atoms with E-state index in [9.17, 15) is 0 Å². The zero-order valence-corrected chi connectivity index (χ0v) is 12.7. The number of hydrogen-bond acceptors (Lipinski definition) is 2. The molecule has 0 aliphatic heterocycles. The van der Waals surface area contributed by atoms with Gasteiger partial charge in [-0.25, -0.2) is 0 Å². The molecule has 0 bridgehead atoms. The minimum absolute atomic E-state index is 1.03. The average molecular weight is 284 g/mol. The molecule has 0 saturated heterocycles. The van der Waals surface area contributed by atoms with Crippen molar-refractivity contribution in [2.24, 2.45) is 0 Å². The topological polar surface area (TPSA) is 25.8 Å². The molecule has 2 nitrogen and oxygen atoms in total. The molecule has 0 atom stereocenters. The minimum Gasteiger partial charge on any atom is -0.256 e. The highest BCUT2D eigenvalue weighted by Gasteiger charge is 2.05. The first-order valence-corrected chi connectivity index (χ1v) is 7.43. The van der Waals surface area contributed by atoms with Gasteiger partial charge in [0.1, 0.15) is 0 Å². The smallest absolute Gasteiger partial charge is 0.0710 e. The lowest BCUT2D eigenvalue weighted by atomic mass is 10.00. The van der Waals surface area contributed by atoms with Crippen molar-refractivity contribution in [2.45, 2.75) is 13.8 Å². The van der Waals surface area contributed by atoms with Gasteiger partial charge in [-0.3, -0.25) is 9.97 Å². The van der Waals surface area contributed by atoms with E-state index in [2.05, 4.69) is 66.3 Å². The fraction of sp³-hybridized carbons (Fsp3) is 0.100. The Morgan fingerprint density at radius 3 is 2.59 bits per heavy atom. The van der Waals surface area contributed by atoms with Gasteiger partial charge >= 0.3 is 0 Å². The van der Waals surface area contributed by atoms with Crippen molar-refractivity contribution in [3.8, 4) is 11.1 Å². The summed E-state index contributed by atoms with van der Waals surface area (Å²) in [5.41, 5.74) is 6.85. The first-order valence-electron chi connectivity index (χ1n) is 7.43. The van der Waals surface area contributed by atoms with Gasteiger partial charge in [-0.2, -0.15) is 0 Å². The van der Waals surface area contributed by atoms with Gasteiger partial charge < -0.3 is 0 Å². The van der Waals surface area contributed by atoms with Crippen LogP contribution in [0.2, 0.25) is 0 Å². The lowest BCUT2D eigenvalue weighted by molar-refractivity contribution is 1.37. The molecule has 0 N–H and O–H groups in total. The first kappa shape index (κ1) is 13.0. The molecule has 106 valence electrons. The first-order chi connectivity index (χ1) is 10.7. The van der Waals surface area contributed by atoms with E-state index in [1.807, 2.05) is 18.5 Å². The van der Waals surface area contributed by atoms with Gasteiger partial charge in [-0.05, 0) is 55.3 Å². The summed E-state index contributed by atoms with van der Waals surface area (Å²) in [5.74, 6) is 0. The van der Waals surface area contributed by atoms with Gasteiger partial charge in [0.2, 0.25) is 0 Å². The third-order valence-electron chi connectivity index (χ3n) is 4.10. The maximum absolute atomic E-state index is 4.59. The van der Waals surface area contributed by atoms with E-state index < -0.39 is 0 Å². The zero-order chi connectivity index (χ0) is 15.1. The van der Waals surface area contributed by atoms with Crippen molar-refractivity contribution < 1.29 is 0 Å². The van der Waals surface area contributed by atoms with E-state index in [0.29, 0.717) is 0 Å². The lowest BCUT2D eigenvalue weighted by Crippen LogP contribution is -1.87. The number of fused-ring (bicyclic) bond motifs is 2. The molecule has 0 spiro atoms. The Labute approximate surface area is 129 Å². The molecular formula is C20H16N2. The Balaban J connectivity index is 1.94. The predicted molar refractivity (Wildman–Crippen MR) is 92.0 cm³/mol. The second-order valence-electron chi connectivity index (χ2n) is 5.78. The molecule has 0 unspecified atom stereocenters. The molecule has 2 aromatic carbocycles. The van der Waals surface area contributed by atoms with Crippen LogP contribution in [0.5, 0.6) is 0 Å². The van der Waals surface area contributed by atoms with Gasteiger partial charge in [0, 0.05) is 28.7 Å². The van der Waals surface area contributed by atoms with Gasteiger partial charge in [-0.1, -0.05) is 23.8 Å². The molecule has 0 fully saturated rings. The van der Waals surface area contributed by atoms with E-state index in [1.165, 1.54) is 27.5 Å². The SMILES string of the molecule is Cc1ccc2ncc(-c3cc(C)c4cccnc4c3)cc2c1. The summed E-state index contributed by atoms with van der Waals surface area (Å²) >= 11 is 0. The fourth-order valence-electron chi connectivity index (χ4n) is 2.94. The number of rotatable bonds is 1. The molecule has 0 aliphatic rings. The molecule has 22 heavy (non-hydrogen) atoms.